The number of benzene rings is 1. The summed E-state index contributed by atoms with van der Waals surface area (Å²) in [6.45, 7) is 1.28. The number of carbonyl (C=O) groups excluding carboxylic acids is 1. The number of amides is 1. The lowest BCUT2D eigenvalue weighted by Gasteiger charge is -2.14. The second-order valence-corrected chi connectivity index (χ2v) is 4.85. The molecule has 9 heteroatoms. The van der Waals surface area contributed by atoms with Gasteiger partial charge in [-0.3, -0.25) is 4.79 Å². The molecule has 0 radical (unpaired) electrons. The van der Waals surface area contributed by atoms with Crippen molar-refractivity contribution in [2.75, 3.05) is 17.2 Å². The maximum Gasteiger partial charge on any atom is 0.418 e. The van der Waals surface area contributed by atoms with Gasteiger partial charge in [-0.05, 0) is 25.1 Å². The van der Waals surface area contributed by atoms with E-state index < -0.39 is 17.6 Å². The summed E-state index contributed by atoms with van der Waals surface area (Å²) < 4.78 is 43.4. The molecular formula is C13H11ClF3N3O2. The Bertz CT molecular complexity index is 685. The van der Waals surface area contributed by atoms with E-state index >= 15 is 0 Å². The number of carbonyl (C=O) groups is 1. The van der Waals surface area contributed by atoms with E-state index in [1.165, 1.54) is 18.2 Å². The minimum Gasteiger partial charge on any atom is -0.376 e. The van der Waals surface area contributed by atoms with Gasteiger partial charge in [0.1, 0.15) is 5.76 Å². The fourth-order valence-corrected chi connectivity index (χ4v) is 1.87. The number of halogens is 4. The minimum atomic E-state index is -4.58. The monoisotopic (exact) mass is 333 g/mol. The van der Waals surface area contributed by atoms with Crippen LogP contribution in [0.2, 0.25) is 5.02 Å². The van der Waals surface area contributed by atoms with Gasteiger partial charge >= 0.3 is 6.18 Å². The van der Waals surface area contributed by atoms with Crippen molar-refractivity contribution in [3.63, 3.8) is 0 Å². The van der Waals surface area contributed by atoms with Gasteiger partial charge in [-0.15, -0.1) is 0 Å². The standard InChI is InChI=1S/C13H11ClF3N3O2/c1-7-4-11(20-22-7)19-12(21)6-18-10-3-2-8(14)5-9(10)13(15,16)17/h2-5,18H,6H2,1H3,(H,19,20,21). The molecule has 0 spiro atoms. The van der Waals surface area contributed by atoms with Gasteiger partial charge in [0, 0.05) is 16.8 Å². The molecule has 118 valence electrons. The lowest BCUT2D eigenvalue weighted by atomic mass is 10.1. The highest BCUT2D eigenvalue weighted by molar-refractivity contribution is 6.30. The van der Waals surface area contributed by atoms with Gasteiger partial charge in [0.15, 0.2) is 5.82 Å². The first-order valence-corrected chi connectivity index (χ1v) is 6.47. The van der Waals surface area contributed by atoms with Crippen LogP contribution in [0, 0.1) is 6.92 Å². The molecule has 2 rings (SSSR count). The van der Waals surface area contributed by atoms with Gasteiger partial charge < -0.3 is 15.2 Å². The topological polar surface area (TPSA) is 67.2 Å². The first kappa shape index (κ1) is 16.2. The molecule has 0 atom stereocenters. The predicted octanol–water partition coefficient (Wildman–Crippen LogP) is 3.71. The number of hydrogen-bond acceptors (Lipinski definition) is 4. The van der Waals surface area contributed by atoms with Crippen LogP contribution in [0.3, 0.4) is 0 Å². The van der Waals surface area contributed by atoms with Gasteiger partial charge in [-0.1, -0.05) is 16.8 Å². The summed E-state index contributed by atoms with van der Waals surface area (Å²) in [4.78, 5) is 11.7. The number of nitrogens with one attached hydrogen (secondary N) is 2. The third kappa shape index (κ3) is 4.14. The van der Waals surface area contributed by atoms with E-state index in [0.29, 0.717) is 5.76 Å². The van der Waals surface area contributed by atoms with Crippen molar-refractivity contribution in [2.45, 2.75) is 13.1 Å². The third-order valence-corrected chi connectivity index (χ3v) is 2.86. The number of hydrogen-bond donors (Lipinski definition) is 2. The highest BCUT2D eigenvalue weighted by atomic mass is 35.5. The van der Waals surface area contributed by atoms with Crippen LogP contribution < -0.4 is 10.6 Å². The SMILES string of the molecule is Cc1cc(NC(=O)CNc2ccc(Cl)cc2C(F)(F)F)no1. The summed E-state index contributed by atoms with van der Waals surface area (Å²) in [7, 11) is 0. The Kier molecular flexibility index (Phi) is 4.60. The van der Waals surface area contributed by atoms with Crippen molar-refractivity contribution in [3.8, 4) is 0 Å². The first-order chi connectivity index (χ1) is 10.3. The Labute approximate surface area is 128 Å². The fourth-order valence-electron chi connectivity index (χ4n) is 1.69. The Morgan fingerprint density at radius 2 is 2.09 bits per heavy atom. The molecule has 0 aliphatic carbocycles. The van der Waals surface area contributed by atoms with Crippen LogP contribution >= 0.6 is 11.6 Å². The Balaban J connectivity index is 2.03. The first-order valence-electron chi connectivity index (χ1n) is 6.09. The largest absolute Gasteiger partial charge is 0.418 e. The molecular weight excluding hydrogens is 323 g/mol. The van der Waals surface area contributed by atoms with Crippen molar-refractivity contribution in [2.24, 2.45) is 0 Å². The highest BCUT2D eigenvalue weighted by Gasteiger charge is 2.33. The number of aromatic nitrogens is 1. The van der Waals surface area contributed by atoms with Gasteiger partial charge in [0.05, 0.1) is 12.1 Å². The molecule has 2 aromatic rings. The van der Waals surface area contributed by atoms with Crippen LogP contribution in [-0.4, -0.2) is 17.6 Å². The molecule has 5 nitrogen and oxygen atoms in total. The second kappa shape index (κ2) is 6.27. The van der Waals surface area contributed by atoms with Crippen LogP contribution in [0.1, 0.15) is 11.3 Å². The van der Waals surface area contributed by atoms with E-state index in [4.69, 9.17) is 16.1 Å². The number of alkyl halides is 3. The zero-order valence-electron chi connectivity index (χ0n) is 11.3. The average Bonchev–Trinajstić information content (AvgIpc) is 2.81. The maximum atomic E-state index is 12.9. The van der Waals surface area contributed by atoms with Crippen LogP contribution in [-0.2, 0) is 11.0 Å². The average molecular weight is 334 g/mol. The predicted molar refractivity (Wildman–Crippen MR) is 74.8 cm³/mol. The molecule has 1 amide bonds. The molecule has 0 unspecified atom stereocenters. The Morgan fingerprint density at radius 1 is 1.36 bits per heavy atom. The number of rotatable bonds is 4. The van der Waals surface area contributed by atoms with E-state index in [9.17, 15) is 18.0 Å². The fraction of sp³-hybridized carbons (Fsp3) is 0.231. The van der Waals surface area contributed by atoms with E-state index in [0.717, 1.165) is 6.07 Å². The molecule has 0 aliphatic heterocycles. The summed E-state index contributed by atoms with van der Waals surface area (Å²) in [6, 6.07) is 4.75. The van der Waals surface area contributed by atoms with Crippen molar-refractivity contribution in [1.82, 2.24) is 5.16 Å². The minimum absolute atomic E-state index is 0.0413. The Morgan fingerprint density at radius 3 is 2.68 bits per heavy atom. The van der Waals surface area contributed by atoms with Crippen molar-refractivity contribution >= 4 is 29.0 Å². The number of aryl methyl sites for hydroxylation is 1. The summed E-state index contributed by atoms with van der Waals surface area (Å²) in [6.07, 6.45) is -4.58. The van der Waals surface area contributed by atoms with E-state index in [1.807, 2.05) is 0 Å². The van der Waals surface area contributed by atoms with Crippen LogP contribution in [0.25, 0.3) is 0 Å². The Hall–Kier alpha value is -2.22. The van der Waals surface area contributed by atoms with Crippen molar-refractivity contribution in [1.29, 1.82) is 0 Å². The molecule has 0 fully saturated rings. The van der Waals surface area contributed by atoms with Crippen LogP contribution in [0.5, 0.6) is 0 Å². The zero-order valence-corrected chi connectivity index (χ0v) is 12.0. The van der Waals surface area contributed by atoms with Gasteiger partial charge in [0.25, 0.3) is 0 Å². The summed E-state index contributed by atoms with van der Waals surface area (Å²) in [5.41, 5.74) is -1.17. The van der Waals surface area contributed by atoms with E-state index in [2.05, 4.69) is 15.8 Å². The van der Waals surface area contributed by atoms with Gasteiger partial charge in [0.2, 0.25) is 5.91 Å². The highest BCUT2D eigenvalue weighted by Crippen LogP contribution is 2.36. The van der Waals surface area contributed by atoms with Crippen LogP contribution in [0.15, 0.2) is 28.8 Å². The second-order valence-electron chi connectivity index (χ2n) is 4.41. The molecule has 22 heavy (non-hydrogen) atoms. The summed E-state index contributed by atoms with van der Waals surface area (Å²) in [5, 5.41) is 8.32. The molecule has 2 N–H and O–H groups in total. The van der Waals surface area contributed by atoms with Gasteiger partial charge in [-0.2, -0.15) is 13.2 Å². The molecule has 1 aromatic heterocycles. The third-order valence-electron chi connectivity index (χ3n) is 2.62. The molecule has 1 heterocycles. The lowest BCUT2D eigenvalue weighted by Crippen LogP contribution is -2.23. The molecule has 0 aliphatic rings. The van der Waals surface area contributed by atoms with Crippen molar-refractivity contribution in [3.05, 3.63) is 40.6 Å². The molecule has 0 bridgehead atoms. The van der Waals surface area contributed by atoms with Gasteiger partial charge in [-0.25, -0.2) is 0 Å². The lowest BCUT2D eigenvalue weighted by molar-refractivity contribution is -0.137. The van der Waals surface area contributed by atoms with E-state index in [1.54, 1.807) is 6.92 Å². The molecule has 0 saturated heterocycles. The maximum absolute atomic E-state index is 12.9. The smallest absolute Gasteiger partial charge is 0.376 e. The number of anilines is 2. The normalized spacial score (nSPS) is 11.3. The zero-order chi connectivity index (χ0) is 16.3. The van der Waals surface area contributed by atoms with Crippen molar-refractivity contribution < 1.29 is 22.5 Å². The summed E-state index contributed by atoms with van der Waals surface area (Å²) in [5.74, 6) is 0.133. The van der Waals surface area contributed by atoms with E-state index in [-0.39, 0.29) is 23.1 Å². The molecule has 1 aromatic carbocycles. The van der Waals surface area contributed by atoms with Crippen LogP contribution in [0.4, 0.5) is 24.7 Å². The number of nitrogens with zero attached hydrogens (tertiary/aromatic N) is 1. The molecule has 0 saturated carbocycles. The summed E-state index contributed by atoms with van der Waals surface area (Å²) >= 11 is 5.57. The quantitative estimate of drug-likeness (QED) is 0.895.